The number of nitrogens with zero attached hydrogens (tertiary/aromatic N) is 2. The lowest BCUT2D eigenvalue weighted by Gasteiger charge is -2.00. The van der Waals surface area contributed by atoms with E-state index < -0.39 is 0 Å². The Balaban J connectivity index is 1.74. The normalized spacial score (nSPS) is 13.3. The van der Waals surface area contributed by atoms with Crippen LogP contribution in [0.2, 0.25) is 0 Å². The largest absolute Gasteiger partial charge is 0.278 e. The number of halogens is 1. The number of hydrogen-bond donors (Lipinski definition) is 0. The van der Waals surface area contributed by atoms with E-state index in [9.17, 15) is 4.39 Å². The van der Waals surface area contributed by atoms with Gasteiger partial charge in [-0.05, 0) is 42.8 Å². The molecule has 0 saturated heterocycles. The Morgan fingerprint density at radius 3 is 2.67 bits per heavy atom. The SMILES string of the molecule is Cc1cnc(-c2cc3c(s2)C(c2ccc(F)cc2)=NC3)s1. The average Bonchev–Trinajstić information content (AvgIpc) is 3.14. The van der Waals surface area contributed by atoms with Crippen molar-refractivity contribution in [3.8, 4) is 9.88 Å². The summed E-state index contributed by atoms with van der Waals surface area (Å²) >= 11 is 3.43. The van der Waals surface area contributed by atoms with Crippen molar-refractivity contribution in [2.75, 3.05) is 0 Å². The van der Waals surface area contributed by atoms with E-state index in [2.05, 4.69) is 23.0 Å². The summed E-state index contributed by atoms with van der Waals surface area (Å²) in [6.07, 6.45) is 1.90. The van der Waals surface area contributed by atoms with Crippen LogP contribution in [0.4, 0.5) is 4.39 Å². The lowest BCUT2D eigenvalue weighted by molar-refractivity contribution is 0.628. The summed E-state index contributed by atoms with van der Waals surface area (Å²) in [5.74, 6) is -0.220. The Hall–Kier alpha value is -1.85. The van der Waals surface area contributed by atoms with Gasteiger partial charge in [-0.2, -0.15) is 0 Å². The highest BCUT2D eigenvalue weighted by Crippen LogP contribution is 2.38. The minimum atomic E-state index is -0.220. The smallest absolute Gasteiger partial charge is 0.133 e. The number of aromatic nitrogens is 1. The Bertz CT molecular complexity index is 844. The quantitative estimate of drug-likeness (QED) is 0.675. The molecule has 1 aliphatic heterocycles. The number of aliphatic imine (C=N–C) groups is 1. The summed E-state index contributed by atoms with van der Waals surface area (Å²) in [5.41, 5.74) is 3.18. The van der Waals surface area contributed by atoms with Crippen LogP contribution >= 0.6 is 22.7 Å². The van der Waals surface area contributed by atoms with Crippen molar-refractivity contribution < 1.29 is 4.39 Å². The second-order valence-electron chi connectivity index (χ2n) is 4.91. The highest BCUT2D eigenvalue weighted by atomic mass is 32.1. The zero-order chi connectivity index (χ0) is 14.4. The first-order valence-corrected chi connectivity index (χ1v) is 8.20. The van der Waals surface area contributed by atoms with Crippen LogP contribution in [0.5, 0.6) is 0 Å². The Kier molecular flexibility index (Phi) is 2.97. The molecule has 0 radical (unpaired) electrons. The van der Waals surface area contributed by atoms with Crippen molar-refractivity contribution in [3.63, 3.8) is 0 Å². The summed E-state index contributed by atoms with van der Waals surface area (Å²) in [7, 11) is 0. The maximum Gasteiger partial charge on any atom is 0.133 e. The zero-order valence-electron chi connectivity index (χ0n) is 11.3. The summed E-state index contributed by atoms with van der Waals surface area (Å²) in [5, 5.41) is 1.06. The predicted octanol–water partition coefficient (Wildman–Crippen LogP) is 4.67. The topological polar surface area (TPSA) is 25.2 Å². The van der Waals surface area contributed by atoms with Gasteiger partial charge in [-0.25, -0.2) is 9.37 Å². The predicted molar refractivity (Wildman–Crippen MR) is 85.9 cm³/mol. The molecule has 0 unspecified atom stereocenters. The van der Waals surface area contributed by atoms with E-state index in [1.165, 1.54) is 32.3 Å². The third-order valence-corrected chi connectivity index (χ3v) is 5.65. The highest BCUT2D eigenvalue weighted by molar-refractivity contribution is 7.23. The first-order chi connectivity index (χ1) is 10.2. The Morgan fingerprint density at radius 1 is 1.14 bits per heavy atom. The standard InChI is InChI=1S/C16H11FN2S2/c1-9-7-19-16(20-9)13-6-11-8-18-14(15(11)21-13)10-2-4-12(17)5-3-10/h2-7H,8H2,1H3. The van der Waals surface area contributed by atoms with Crippen LogP contribution in [0.15, 0.2) is 41.5 Å². The van der Waals surface area contributed by atoms with Crippen molar-refractivity contribution in [1.82, 2.24) is 4.98 Å². The third kappa shape index (κ3) is 2.22. The highest BCUT2D eigenvalue weighted by Gasteiger charge is 2.22. The number of aryl methyl sites for hydroxylation is 1. The van der Waals surface area contributed by atoms with Crippen molar-refractivity contribution in [1.29, 1.82) is 0 Å². The molecule has 0 N–H and O–H groups in total. The maximum absolute atomic E-state index is 13.1. The zero-order valence-corrected chi connectivity index (χ0v) is 12.9. The maximum atomic E-state index is 13.1. The molecular formula is C16H11FN2S2. The van der Waals surface area contributed by atoms with Gasteiger partial charge in [-0.15, -0.1) is 22.7 Å². The summed E-state index contributed by atoms with van der Waals surface area (Å²) < 4.78 is 13.1. The second-order valence-corrected chi connectivity index (χ2v) is 7.20. The summed E-state index contributed by atoms with van der Waals surface area (Å²) in [6, 6.07) is 8.72. The van der Waals surface area contributed by atoms with E-state index in [-0.39, 0.29) is 5.82 Å². The van der Waals surface area contributed by atoms with E-state index in [0.717, 1.165) is 16.3 Å². The van der Waals surface area contributed by atoms with Crippen LogP contribution in [0.1, 0.15) is 20.9 Å². The van der Waals surface area contributed by atoms with E-state index in [4.69, 9.17) is 0 Å². The number of fused-ring (bicyclic) bond motifs is 1. The van der Waals surface area contributed by atoms with Crippen molar-refractivity contribution in [2.24, 2.45) is 4.99 Å². The average molecular weight is 314 g/mol. The molecule has 4 rings (SSSR count). The van der Waals surface area contributed by atoms with E-state index in [0.29, 0.717) is 6.54 Å². The number of thiophene rings is 1. The minimum Gasteiger partial charge on any atom is -0.278 e. The van der Waals surface area contributed by atoms with Gasteiger partial charge in [0.15, 0.2) is 0 Å². The molecule has 3 aromatic rings. The fourth-order valence-electron chi connectivity index (χ4n) is 2.39. The Morgan fingerprint density at radius 2 is 1.95 bits per heavy atom. The van der Waals surface area contributed by atoms with Gasteiger partial charge in [0.1, 0.15) is 10.8 Å². The Labute approximate surface area is 129 Å². The molecule has 3 heterocycles. The molecular weight excluding hydrogens is 303 g/mol. The second kappa shape index (κ2) is 4.86. The van der Waals surface area contributed by atoms with Crippen LogP contribution in [0.3, 0.4) is 0 Å². The lowest BCUT2D eigenvalue weighted by atomic mass is 10.1. The minimum absolute atomic E-state index is 0.220. The van der Waals surface area contributed by atoms with Crippen LogP contribution in [0, 0.1) is 12.7 Å². The fourth-order valence-corrected chi connectivity index (χ4v) is 4.41. The molecule has 0 atom stereocenters. The van der Waals surface area contributed by atoms with Gasteiger partial charge in [-0.1, -0.05) is 0 Å². The van der Waals surface area contributed by atoms with Crippen molar-refractivity contribution >= 4 is 28.4 Å². The first kappa shape index (κ1) is 12.9. The van der Waals surface area contributed by atoms with Crippen LogP contribution in [-0.4, -0.2) is 10.7 Å². The molecule has 1 aliphatic rings. The van der Waals surface area contributed by atoms with Gasteiger partial charge in [0.05, 0.1) is 22.0 Å². The first-order valence-electron chi connectivity index (χ1n) is 6.57. The number of benzene rings is 1. The van der Waals surface area contributed by atoms with E-state index >= 15 is 0 Å². The molecule has 0 fully saturated rings. The molecule has 104 valence electrons. The van der Waals surface area contributed by atoms with Gasteiger partial charge in [-0.3, -0.25) is 4.99 Å². The molecule has 5 heteroatoms. The molecule has 0 saturated carbocycles. The molecule has 0 spiro atoms. The molecule has 0 bridgehead atoms. The van der Waals surface area contributed by atoms with Crippen molar-refractivity contribution in [3.05, 3.63) is 63.2 Å². The van der Waals surface area contributed by atoms with Gasteiger partial charge >= 0.3 is 0 Å². The third-order valence-electron chi connectivity index (χ3n) is 3.38. The monoisotopic (exact) mass is 314 g/mol. The lowest BCUT2D eigenvalue weighted by Crippen LogP contribution is -1.97. The van der Waals surface area contributed by atoms with E-state index in [1.54, 1.807) is 34.8 Å². The molecule has 0 amide bonds. The number of thiazole rings is 1. The van der Waals surface area contributed by atoms with Gasteiger partial charge in [0, 0.05) is 16.6 Å². The van der Waals surface area contributed by atoms with Gasteiger partial charge in [0.25, 0.3) is 0 Å². The molecule has 2 nitrogen and oxygen atoms in total. The van der Waals surface area contributed by atoms with Crippen LogP contribution in [-0.2, 0) is 6.54 Å². The molecule has 21 heavy (non-hydrogen) atoms. The fraction of sp³-hybridized carbons (Fsp3) is 0.125. The van der Waals surface area contributed by atoms with E-state index in [1.807, 2.05) is 6.20 Å². The molecule has 1 aromatic carbocycles. The van der Waals surface area contributed by atoms with Crippen LogP contribution < -0.4 is 0 Å². The molecule has 2 aromatic heterocycles. The van der Waals surface area contributed by atoms with Crippen LogP contribution in [0.25, 0.3) is 9.88 Å². The summed E-state index contributed by atoms with van der Waals surface area (Å²) in [6.45, 7) is 2.76. The summed E-state index contributed by atoms with van der Waals surface area (Å²) in [4.78, 5) is 12.6. The molecule has 0 aliphatic carbocycles. The van der Waals surface area contributed by atoms with Gasteiger partial charge in [0.2, 0.25) is 0 Å². The number of hydrogen-bond acceptors (Lipinski definition) is 4. The number of rotatable bonds is 2. The van der Waals surface area contributed by atoms with Gasteiger partial charge < -0.3 is 0 Å². The van der Waals surface area contributed by atoms with Crippen molar-refractivity contribution in [2.45, 2.75) is 13.5 Å².